The number of halogens is 1. The second-order valence-electron chi connectivity index (χ2n) is 5.50. The molecule has 1 fully saturated rings. The molecule has 1 aromatic rings. The van der Waals surface area contributed by atoms with Gasteiger partial charge in [-0.05, 0) is 56.5 Å². The highest BCUT2D eigenvalue weighted by atomic mass is 32.2. The molecule has 0 aliphatic heterocycles. The molecule has 0 amide bonds. The largest absolute Gasteiger partial charge is 0.316 e. The molecular formula is C16H24FNS. The van der Waals surface area contributed by atoms with Crippen molar-refractivity contribution in [3.63, 3.8) is 0 Å². The van der Waals surface area contributed by atoms with Crippen molar-refractivity contribution in [2.24, 2.45) is 0 Å². The Hall–Kier alpha value is -0.540. The fraction of sp³-hybridized carbons (Fsp3) is 0.625. The van der Waals surface area contributed by atoms with Crippen LogP contribution in [0.15, 0.2) is 18.2 Å². The Balaban J connectivity index is 1.88. The summed E-state index contributed by atoms with van der Waals surface area (Å²) in [7, 11) is 2.01. The fourth-order valence-electron chi connectivity index (χ4n) is 2.68. The third-order valence-corrected chi connectivity index (χ3v) is 5.56. The summed E-state index contributed by atoms with van der Waals surface area (Å²) in [4.78, 5) is 0. The van der Waals surface area contributed by atoms with Crippen LogP contribution in [0.2, 0.25) is 0 Å². The predicted octanol–water partition coefficient (Wildman–Crippen LogP) is 3.94. The molecule has 0 saturated heterocycles. The molecule has 1 atom stereocenters. The van der Waals surface area contributed by atoms with Crippen molar-refractivity contribution in [3.05, 3.63) is 35.1 Å². The van der Waals surface area contributed by atoms with Gasteiger partial charge in [0.2, 0.25) is 0 Å². The molecule has 0 bridgehead atoms. The predicted molar refractivity (Wildman–Crippen MR) is 82.4 cm³/mol. The van der Waals surface area contributed by atoms with Crippen molar-refractivity contribution in [1.29, 1.82) is 0 Å². The van der Waals surface area contributed by atoms with E-state index in [0.717, 1.165) is 23.0 Å². The maximum absolute atomic E-state index is 13.3. The highest BCUT2D eigenvalue weighted by Gasteiger charge is 2.18. The monoisotopic (exact) mass is 281 g/mol. The average molecular weight is 281 g/mol. The Morgan fingerprint density at radius 1 is 1.37 bits per heavy atom. The molecular weight excluding hydrogens is 257 g/mol. The SMILES string of the molecule is CNC(CSC1CCCC1)Cc1cc(F)ccc1C. The van der Waals surface area contributed by atoms with Gasteiger partial charge in [0.05, 0.1) is 0 Å². The fourth-order valence-corrected chi connectivity index (χ4v) is 4.13. The van der Waals surface area contributed by atoms with E-state index < -0.39 is 0 Å². The molecule has 0 spiro atoms. The summed E-state index contributed by atoms with van der Waals surface area (Å²) in [6.07, 6.45) is 6.45. The molecule has 1 aliphatic rings. The molecule has 3 heteroatoms. The Kier molecular flexibility index (Phi) is 5.71. The van der Waals surface area contributed by atoms with Crippen molar-refractivity contribution >= 4 is 11.8 Å². The van der Waals surface area contributed by atoms with Crippen molar-refractivity contribution in [3.8, 4) is 0 Å². The van der Waals surface area contributed by atoms with Gasteiger partial charge in [-0.1, -0.05) is 18.9 Å². The van der Waals surface area contributed by atoms with Crippen LogP contribution in [-0.2, 0) is 6.42 Å². The minimum Gasteiger partial charge on any atom is -0.316 e. The molecule has 1 aliphatic carbocycles. The average Bonchev–Trinajstić information content (AvgIpc) is 2.91. The molecule has 1 saturated carbocycles. The molecule has 0 heterocycles. The maximum Gasteiger partial charge on any atom is 0.123 e. The molecule has 2 rings (SSSR count). The molecule has 0 aromatic heterocycles. The minimum absolute atomic E-state index is 0.126. The lowest BCUT2D eigenvalue weighted by Crippen LogP contribution is -2.31. The van der Waals surface area contributed by atoms with Crippen LogP contribution in [0.3, 0.4) is 0 Å². The number of hydrogen-bond acceptors (Lipinski definition) is 2. The third kappa shape index (κ3) is 4.50. The van der Waals surface area contributed by atoms with Crippen LogP contribution < -0.4 is 5.32 Å². The maximum atomic E-state index is 13.3. The van der Waals surface area contributed by atoms with E-state index in [4.69, 9.17) is 0 Å². The first-order valence-corrected chi connectivity index (χ1v) is 8.28. The Bertz CT molecular complexity index is 402. The highest BCUT2D eigenvalue weighted by molar-refractivity contribution is 7.99. The summed E-state index contributed by atoms with van der Waals surface area (Å²) in [5, 5.41) is 4.23. The quantitative estimate of drug-likeness (QED) is 0.847. The van der Waals surface area contributed by atoms with Crippen LogP contribution in [0, 0.1) is 12.7 Å². The molecule has 19 heavy (non-hydrogen) atoms. The zero-order chi connectivity index (χ0) is 13.7. The number of rotatable bonds is 6. The van der Waals surface area contributed by atoms with Crippen LogP contribution in [0.4, 0.5) is 4.39 Å². The van der Waals surface area contributed by atoms with Gasteiger partial charge in [-0.15, -0.1) is 0 Å². The number of likely N-dealkylation sites (N-methyl/N-ethyl adjacent to an activating group) is 1. The Morgan fingerprint density at radius 3 is 2.79 bits per heavy atom. The van der Waals surface area contributed by atoms with Gasteiger partial charge in [0.15, 0.2) is 0 Å². The van der Waals surface area contributed by atoms with Gasteiger partial charge < -0.3 is 5.32 Å². The molecule has 0 radical (unpaired) electrons. The van der Waals surface area contributed by atoms with E-state index in [2.05, 4.69) is 24.0 Å². The Morgan fingerprint density at radius 2 is 2.11 bits per heavy atom. The lowest BCUT2D eigenvalue weighted by Gasteiger charge is -2.19. The Labute approximate surface area is 120 Å². The van der Waals surface area contributed by atoms with Gasteiger partial charge >= 0.3 is 0 Å². The van der Waals surface area contributed by atoms with Crippen LogP contribution in [-0.4, -0.2) is 24.1 Å². The summed E-state index contributed by atoms with van der Waals surface area (Å²) >= 11 is 2.09. The van der Waals surface area contributed by atoms with Gasteiger partial charge in [0.25, 0.3) is 0 Å². The molecule has 106 valence electrons. The van der Waals surface area contributed by atoms with E-state index in [1.165, 1.54) is 31.2 Å². The minimum atomic E-state index is -0.126. The van der Waals surface area contributed by atoms with Crippen molar-refractivity contribution in [1.82, 2.24) is 5.32 Å². The number of nitrogens with one attached hydrogen (secondary N) is 1. The summed E-state index contributed by atoms with van der Waals surface area (Å²) in [5.74, 6) is 0.996. The van der Waals surface area contributed by atoms with Crippen LogP contribution in [0.1, 0.15) is 36.8 Å². The number of hydrogen-bond donors (Lipinski definition) is 1. The van der Waals surface area contributed by atoms with Crippen LogP contribution >= 0.6 is 11.8 Å². The van der Waals surface area contributed by atoms with Crippen LogP contribution in [0.25, 0.3) is 0 Å². The number of thioether (sulfide) groups is 1. The second-order valence-corrected chi connectivity index (χ2v) is 6.83. The zero-order valence-electron chi connectivity index (χ0n) is 11.9. The molecule has 1 N–H and O–H groups in total. The molecule has 1 nitrogen and oxygen atoms in total. The standard InChI is InChI=1S/C16H24FNS/c1-12-7-8-14(17)9-13(12)10-15(18-2)11-19-16-5-3-4-6-16/h7-9,15-16,18H,3-6,10-11H2,1-2H3. The van der Waals surface area contributed by atoms with Crippen molar-refractivity contribution in [2.75, 3.05) is 12.8 Å². The van der Waals surface area contributed by atoms with Gasteiger partial charge in [-0.3, -0.25) is 0 Å². The summed E-state index contributed by atoms with van der Waals surface area (Å²) < 4.78 is 13.3. The van der Waals surface area contributed by atoms with Gasteiger partial charge in [0, 0.05) is 17.0 Å². The zero-order valence-corrected chi connectivity index (χ0v) is 12.7. The van der Waals surface area contributed by atoms with E-state index >= 15 is 0 Å². The topological polar surface area (TPSA) is 12.0 Å². The third-order valence-electron chi connectivity index (χ3n) is 4.02. The number of aryl methyl sites for hydroxylation is 1. The van der Waals surface area contributed by atoms with Gasteiger partial charge in [0.1, 0.15) is 5.82 Å². The lowest BCUT2D eigenvalue weighted by atomic mass is 10.0. The summed E-state index contributed by atoms with van der Waals surface area (Å²) in [6.45, 7) is 2.06. The van der Waals surface area contributed by atoms with E-state index in [1.807, 2.05) is 13.1 Å². The molecule has 1 unspecified atom stereocenters. The molecule has 1 aromatic carbocycles. The highest BCUT2D eigenvalue weighted by Crippen LogP contribution is 2.30. The lowest BCUT2D eigenvalue weighted by molar-refractivity contribution is 0.600. The van der Waals surface area contributed by atoms with E-state index in [-0.39, 0.29) is 5.82 Å². The first-order valence-electron chi connectivity index (χ1n) is 7.23. The van der Waals surface area contributed by atoms with Crippen LogP contribution in [0.5, 0.6) is 0 Å². The summed E-state index contributed by atoms with van der Waals surface area (Å²) in [5.41, 5.74) is 2.32. The van der Waals surface area contributed by atoms with Gasteiger partial charge in [-0.25, -0.2) is 4.39 Å². The van der Waals surface area contributed by atoms with E-state index in [0.29, 0.717) is 6.04 Å². The van der Waals surface area contributed by atoms with E-state index in [1.54, 1.807) is 12.1 Å². The van der Waals surface area contributed by atoms with Crippen molar-refractivity contribution in [2.45, 2.75) is 50.3 Å². The normalized spacial score (nSPS) is 17.8. The van der Waals surface area contributed by atoms with Gasteiger partial charge in [-0.2, -0.15) is 11.8 Å². The smallest absolute Gasteiger partial charge is 0.123 e. The van der Waals surface area contributed by atoms with Crippen molar-refractivity contribution < 1.29 is 4.39 Å². The first kappa shape index (κ1) is 14.9. The first-order chi connectivity index (χ1) is 9.19. The second kappa shape index (κ2) is 7.30. The number of benzene rings is 1. The summed E-state index contributed by atoms with van der Waals surface area (Å²) in [6, 6.07) is 5.54. The van der Waals surface area contributed by atoms with E-state index in [9.17, 15) is 4.39 Å².